The van der Waals surface area contributed by atoms with Crippen LogP contribution < -0.4 is 0 Å². The van der Waals surface area contributed by atoms with Crippen LogP contribution in [0.3, 0.4) is 0 Å². The molecular formula is C26H46. The lowest BCUT2D eigenvalue weighted by molar-refractivity contribution is 0.0330. The van der Waals surface area contributed by atoms with Gasteiger partial charge in [0.1, 0.15) is 0 Å². The summed E-state index contributed by atoms with van der Waals surface area (Å²) in [6, 6.07) is 0. The lowest BCUT2D eigenvalue weighted by Gasteiger charge is -2.47. The molecule has 0 spiro atoms. The zero-order chi connectivity index (χ0) is 17.9. The van der Waals surface area contributed by atoms with Crippen molar-refractivity contribution in [2.75, 3.05) is 0 Å². The van der Waals surface area contributed by atoms with Crippen LogP contribution >= 0.6 is 0 Å². The molecule has 26 heavy (non-hydrogen) atoms. The van der Waals surface area contributed by atoms with Crippen LogP contribution in [-0.2, 0) is 0 Å². The first-order chi connectivity index (χ1) is 12.7. The smallest absolute Gasteiger partial charge is 0.0357 e. The van der Waals surface area contributed by atoms with Gasteiger partial charge in [-0.1, -0.05) is 90.9 Å². The first-order valence-electron chi connectivity index (χ1n) is 12.7. The van der Waals surface area contributed by atoms with E-state index >= 15 is 0 Å². The molecule has 0 aromatic rings. The Morgan fingerprint density at radius 1 is 0.385 bits per heavy atom. The summed E-state index contributed by atoms with van der Waals surface area (Å²) >= 11 is 0. The van der Waals surface area contributed by atoms with Crippen LogP contribution in [0.2, 0.25) is 0 Å². The summed E-state index contributed by atoms with van der Waals surface area (Å²) in [6.07, 6.45) is 24.9. The molecule has 6 unspecified atom stereocenters. The van der Waals surface area contributed by atoms with E-state index in [4.69, 9.17) is 0 Å². The Morgan fingerprint density at radius 3 is 1.15 bits per heavy atom. The van der Waals surface area contributed by atoms with Crippen molar-refractivity contribution < 1.29 is 0 Å². The lowest BCUT2D eigenvalue weighted by atomic mass is 9.58. The second-order valence-corrected chi connectivity index (χ2v) is 11.2. The van der Waals surface area contributed by atoms with Crippen LogP contribution in [0.25, 0.3) is 0 Å². The van der Waals surface area contributed by atoms with Crippen LogP contribution in [0.4, 0.5) is 0 Å². The van der Waals surface area contributed by atoms with Crippen molar-refractivity contribution in [2.45, 2.75) is 117 Å². The first kappa shape index (κ1) is 19.3. The minimum atomic E-state index is 1.02. The van der Waals surface area contributed by atoms with E-state index in [9.17, 15) is 0 Å². The molecule has 150 valence electrons. The molecule has 0 heterocycles. The molecule has 0 saturated heterocycles. The van der Waals surface area contributed by atoms with Gasteiger partial charge in [0.25, 0.3) is 0 Å². The zero-order valence-electron chi connectivity index (χ0n) is 17.9. The van der Waals surface area contributed by atoms with E-state index in [1.807, 2.05) is 0 Å². The molecule has 4 fully saturated rings. The number of hydrogen-bond donors (Lipinski definition) is 0. The van der Waals surface area contributed by atoms with E-state index in [0.29, 0.717) is 0 Å². The van der Waals surface area contributed by atoms with Gasteiger partial charge in [-0.2, -0.15) is 0 Å². The Kier molecular flexibility index (Phi) is 6.69. The molecule has 0 radical (unpaired) electrons. The second-order valence-electron chi connectivity index (χ2n) is 11.2. The van der Waals surface area contributed by atoms with E-state index in [2.05, 4.69) is 13.8 Å². The highest BCUT2D eigenvalue weighted by atomic mass is 14.5. The first-order valence-corrected chi connectivity index (χ1v) is 12.7. The fraction of sp³-hybridized carbons (Fsp3) is 1.00. The summed E-state index contributed by atoms with van der Waals surface area (Å²) in [6.45, 7) is 5.20. The molecule has 0 N–H and O–H groups in total. The molecule has 4 aliphatic rings. The van der Waals surface area contributed by atoms with Crippen molar-refractivity contribution in [3.05, 3.63) is 0 Å². The van der Waals surface area contributed by atoms with Gasteiger partial charge in [0.15, 0.2) is 0 Å². The lowest BCUT2D eigenvalue weighted by Crippen LogP contribution is -2.37. The van der Waals surface area contributed by atoms with Gasteiger partial charge in [-0.25, -0.2) is 0 Å². The van der Waals surface area contributed by atoms with Crippen LogP contribution in [0.5, 0.6) is 0 Å². The monoisotopic (exact) mass is 358 g/mol. The molecule has 4 aliphatic carbocycles. The SMILES string of the molecule is CC1CCC(C2CCC(C)C(C3CCCCC3)C2)CC1C1CCCCC1. The maximum atomic E-state index is 2.60. The van der Waals surface area contributed by atoms with Crippen molar-refractivity contribution in [1.29, 1.82) is 0 Å². The molecule has 0 bridgehead atoms. The van der Waals surface area contributed by atoms with E-state index < -0.39 is 0 Å². The molecule has 0 aromatic carbocycles. The fourth-order valence-electron chi connectivity index (χ4n) is 8.08. The highest BCUT2D eigenvalue weighted by Crippen LogP contribution is 2.51. The van der Waals surface area contributed by atoms with Crippen LogP contribution in [-0.4, -0.2) is 0 Å². The van der Waals surface area contributed by atoms with E-state index in [1.54, 1.807) is 64.2 Å². The normalized spacial score (nSPS) is 44.1. The molecular weight excluding hydrogens is 312 g/mol. The highest BCUT2D eigenvalue weighted by molar-refractivity contribution is 4.91. The van der Waals surface area contributed by atoms with Gasteiger partial charge in [0, 0.05) is 0 Å². The molecule has 0 aromatic heterocycles. The van der Waals surface area contributed by atoms with Crippen molar-refractivity contribution in [1.82, 2.24) is 0 Å². The Morgan fingerprint density at radius 2 is 0.769 bits per heavy atom. The van der Waals surface area contributed by atoms with Gasteiger partial charge >= 0.3 is 0 Å². The zero-order valence-corrected chi connectivity index (χ0v) is 17.9. The van der Waals surface area contributed by atoms with E-state index in [0.717, 1.165) is 47.3 Å². The minimum absolute atomic E-state index is 1.02. The van der Waals surface area contributed by atoms with Crippen molar-refractivity contribution >= 4 is 0 Å². The maximum Gasteiger partial charge on any atom is -0.0357 e. The predicted molar refractivity (Wildman–Crippen MR) is 113 cm³/mol. The standard InChI is InChI=1S/C26H46/c1-19-13-15-23(17-25(19)21-9-5-3-6-10-21)24-16-14-20(2)26(18-24)22-11-7-4-8-12-22/h19-26H,3-18H2,1-2H3. The molecule has 0 nitrogen and oxygen atoms in total. The van der Waals surface area contributed by atoms with Crippen molar-refractivity contribution in [2.24, 2.45) is 47.3 Å². The summed E-state index contributed by atoms with van der Waals surface area (Å²) < 4.78 is 0. The van der Waals surface area contributed by atoms with Gasteiger partial charge in [0.05, 0.1) is 0 Å². The third kappa shape index (κ3) is 4.35. The van der Waals surface area contributed by atoms with Gasteiger partial charge in [0.2, 0.25) is 0 Å². The van der Waals surface area contributed by atoms with Gasteiger partial charge in [-0.15, -0.1) is 0 Å². The number of hydrogen-bond acceptors (Lipinski definition) is 0. The Hall–Kier alpha value is 0. The topological polar surface area (TPSA) is 0 Å². The van der Waals surface area contributed by atoms with E-state index in [1.165, 1.54) is 38.5 Å². The summed E-state index contributed by atoms with van der Waals surface area (Å²) in [5.74, 6) is 8.59. The molecule has 0 aliphatic heterocycles. The Labute approximate surface area is 164 Å². The van der Waals surface area contributed by atoms with Crippen LogP contribution in [0.15, 0.2) is 0 Å². The Balaban J connectivity index is 1.38. The van der Waals surface area contributed by atoms with Gasteiger partial charge < -0.3 is 0 Å². The van der Waals surface area contributed by atoms with Gasteiger partial charge in [-0.05, 0) is 73.0 Å². The van der Waals surface area contributed by atoms with Crippen LogP contribution in [0.1, 0.15) is 117 Å². The Bertz CT molecular complexity index is 374. The average molecular weight is 359 g/mol. The summed E-state index contributed by atoms with van der Waals surface area (Å²) in [4.78, 5) is 0. The molecule has 4 saturated carbocycles. The maximum absolute atomic E-state index is 2.60. The summed E-state index contributed by atoms with van der Waals surface area (Å²) in [7, 11) is 0. The van der Waals surface area contributed by atoms with Crippen LogP contribution in [0, 0.1) is 47.3 Å². The highest BCUT2D eigenvalue weighted by Gasteiger charge is 2.40. The fourth-order valence-corrected chi connectivity index (χ4v) is 8.08. The number of rotatable bonds is 3. The molecule has 0 heteroatoms. The molecule has 0 amide bonds. The minimum Gasteiger partial charge on any atom is -0.0622 e. The molecule has 4 rings (SSSR count). The van der Waals surface area contributed by atoms with Crippen molar-refractivity contribution in [3.63, 3.8) is 0 Å². The largest absolute Gasteiger partial charge is 0.0622 e. The van der Waals surface area contributed by atoms with Gasteiger partial charge in [-0.3, -0.25) is 0 Å². The average Bonchev–Trinajstić information content (AvgIpc) is 2.70. The van der Waals surface area contributed by atoms with E-state index in [-0.39, 0.29) is 0 Å². The third-order valence-corrected chi connectivity index (χ3v) is 9.77. The summed E-state index contributed by atoms with van der Waals surface area (Å²) in [5, 5.41) is 0. The quantitative estimate of drug-likeness (QED) is 0.476. The third-order valence-electron chi connectivity index (χ3n) is 9.77. The predicted octanol–water partition coefficient (Wildman–Crippen LogP) is 8.25. The second kappa shape index (κ2) is 9.00. The summed E-state index contributed by atoms with van der Waals surface area (Å²) in [5.41, 5.74) is 0. The van der Waals surface area contributed by atoms with Crippen molar-refractivity contribution in [3.8, 4) is 0 Å². The molecule has 6 atom stereocenters.